The second-order valence-electron chi connectivity index (χ2n) is 2.92. The molecule has 0 aromatic rings. The topological polar surface area (TPSA) is 15.3 Å². The van der Waals surface area contributed by atoms with Crippen molar-refractivity contribution in [3.8, 4) is 0 Å². The normalized spacial score (nSPS) is 27.2. The molecule has 0 saturated carbocycles. The molecule has 1 aliphatic heterocycles. The summed E-state index contributed by atoms with van der Waals surface area (Å²) >= 11 is 0. The fourth-order valence-electron chi connectivity index (χ4n) is 1.55. The van der Waals surface area contributed by atoms with Crippen molar-refractivity contribution in [2.45, 2.75) is 25.8 Å². The number of hydrazine groups is 1. The minimum atomic E-state index is 0.574. The van der Waals surface area contributed by atoms with Crippen LogP contribution in [0.4, 0.5) is 0 Å². The quantitative estimate of drug-likeness (QED) is 0.579. The summed E-state index contributed by atoms with van der Waals surface area (Å²) in [6.45, 7) is 7.21. The van der Waals surface area contributed by atoms with E-state index in [4.69, 9.17) is 0 Å². The zero-order valence-electron chi connectivity index (χ0n) is 6.85. The van der Waals surface area contributed by atoms with Gasteiger partial charge >= 0.3 is 0 Å². The second kappa shape index (κ2) is 3.17. The predicted octanol–water partition coefficient (Wildman–Crippen LogP) is 1.16. The van der Waals surface area contributed by atoms with Gasteiger partial charge in [-0.3, -0.25) is 5.43 Å². The Morgan fingerprint density at radius 1 is 1.70 bits per heavy atom. The van der Waals surface area contributed by atoms with Gasteiger partial charge in [0.1, 0.15) is 0 Å². The summed E-state index contributed by atoms with van der Waals surface area (Å²) in [6.07, 6.45) is 2.55. The Morgan fingerprint density at radius 2 is 2.40 bits per heavy atom. The van der Waals surface area contributed by atoms with E-state index in [0.29, 0.717) is 6.04 Å². The molecule has 0 unspecified atom stereocenters. The average Bonchev–Trinajstić information content (AvgIpc) is 2.33. The Kier molecular flexibility index (Phi) is 2.46. The lowest BCUT2D eigenvalue weighted by Crippen LogP contribution is -2.39. The summed E-state index contributed by atoms with van der Waals surface area (Å²) in [6, 6.07) is 0.574. The molecule has 58 valence electrons. The van der Waals surface area contributed by atoms with Crippen molar-refractivity contribution in [1.29, 1.82) is 0 Å². The first-order chi connectivity index (χ1) is 4.75. The highest BCUT2D eigenvalue weighted by molar-refractivity contribution is 5.03. The Morgan fingerprint density at radius 3 is 2.80 bits per heavy atom. The molecular formula is C8H16N2. The molecule has 0 aromatic heterocycles. The number of hydrogen-bond acceptors (Lipinski definition) is 2. The molecule has 0 aromatic carbocycles. The van der Waals surface area contributed by atoms with E-state index in [9.17, 15) is 0 Å². The van der Waals surface area contributed by atoms with Crippen molar-refractivity contribution in [3.63, 3.8) is 0 Å². The van der Waals surface area contributed by atoms with Gasteiger partial charge in [0.25, 0.3) is 0 Å². The summed E-state index contributed by atoms with van der Waals surface area (Å²) in [5.41, 5.74) is 4.44. The van der Waals surface area contributed by atoms with E-state index in [1.807, 2.05) is 7.05 Å². The van der Waals surface area contributed by atoms with Crippen LogP contribution in [0.1, 0.15) is 19.8 Å². The number of rotatable bonds is 2. The fraction of sp³-hybridized carbons (Fsp3) is 0.750. The summed E-state index contributed by atoms with van der Waals surface area (Å²) < 4.78 is 0. The second-order valence-corrected chi connectivity index (χ2v) is 2.92. The lowest BCUT2D eigenvalue weighted by Gasteiger charge is -2.22. The van der Waals surface area contributed by atoms with Crippen LogP contribution in [-0.4, -0.2) is 24.6 Å². The van der Waals surface area contributed by atoms with E-state index in [2.05, 4.69) is 23.9 Å². The molecule has 2 nitrogen and oxygen atoms in total. The zero-order chi connectivity index (χ0) is 7.56. The molecule has 0 spiro atoms. The van der Waals surface area contributed by atoms with E-state index in [1.54, 1.807) is 0 Å². The van der Waals surface area contributed by atoms with Crippen molar-refractivity contribution in [1.82, 2.24) is 10.4 Å². The van der Waals surface area contributed by atoms with Crippen LogP contribution in [0, 0.1) is 0 Å². The van der Waals surface area contributed by atoms with Crippen LogP contribution in [0.2, 0.25) is 0 Å². The zero-order valence-corrected chi connectivity index (χ0v) is 6.85. The third-order valence-electron chi connectivity index (χ3n) is 2.11. The number of nitrogens with zero attached hydrogens (tertiary/aromatic N) is 1. The third-order valence-corrected chi connectivity index (χ3v) is 2.11. The van der Waals surface area contributed by atoms with E-state index in [1.165, 1.54) is 18.4 Å². The van der Waals surface area contributed by atoms with Crippen LogP contribution in [0.5, 0.6) is 0 Å². The monoisotopic (exact) mass is 140 g/mol. The van der Waals surface area contributed by atoms with Crippen molar-refractivity contribution in [2.75, 3.05) is 13.6 Å². The molecule has 0 amide bonds. The van der Waals surface area contributed by atoms with E-state index in [0.717, 1.165) is 6.54 Å². The van der Waals surface area contributed by atoms with E-state index in [-0.39, 0.29) is 0 Å². The summed E-state index contributed by atoms with van der Waals surface area (Å²) in [7, 11) is 1.97. The van der Waals surface area contributed by atoms with Crippen LogP contribution >= 0.6 is 0 Å². The number of hydrogen-bond donors (Lipinski definition) is 1. The van der Waals surface area contributed by atoms with Crippen molar-refractivity contribution < 1.29 is 0 Å². The standard InChI is InChI=1S/C8H16N2/c1-7(2)8-5-4-6-10(8)9-3/h8-9H,1,4-6H2,2-3H3/t8-/m0/s1. The van der Waals surface area contributed by atoms with Gasteiger partial charge in [0.15, 0.2) is 0 Å². The molecule has 1 rings (SSSR count). The van der Waals surface area contributed by atoms with Crippen LogP contribution in [0.15, 0.2) is 12.2 Å². The van der Waals surface area contributed by atoms with Crippen LogP contribution in [-0.2, 0) is 0 Å². The Hall–Kier alpha value is -0.340. The lowest BCUT2D eigenvalue weighted by molar-refractivity contribution is 0.212. The maximum Gasteiger partial charge on any atom is 0.0447 e. The summed E-state index contributed by atoms with van der Waals surface area (Å²) in [5, 5.41) is 2.25. The number of nitrogens with one attached hydrogen (secondary N) is 1. The highest BCUT2D eigenvalue weighted by Crippen LogP contribution is 2.19. The first-order valence-electron chi connectivity index (χ1n) is 3.85. The third kappa shape index (κ3) is 1.39. The minimum absolute atomic E-state index is 0.574. The Balaban J connectivity index is 2.50. The van der Waals surface area contributed by atoms with Crippen molar-refractivity contribution in [3.05, 3.63) is 12.2 Å². The van der Waals surface area contributed by atoms with Crippen molar-refractivity contribution >= 4 is 0 Å². The lowest BCUT2D eigenvalue weighted by atomic mass is 10.1. The summed E-state index contributed by atoms with van der Waals surface area (Å²) in [5.74, 6) is 0. The first kappa shape index (κ1) is 7.76. The highest BCUT2D eigenvalue weighted by Gasteiger charge is 2.22. The molecule has 1 aliphatic rings. The molecule has 0 aliphatic carbocycles. The molecule has 1 N–H and O–H groups in total. The largest absolute Gasteiger partial charge is 0.258 e. The molecule has 2 heteroatoms. The van der Waals surface area contributed by atoms with Gasteiger partial charge in [-0.1, -0.05) is 12.2 Å². The van der Waals surface area contributed by atoms with Crippen LogP contribution in [0.25, 0.3) is 0 Å². The van der Waals surface area contributed by atoms with Gasteiger partial charge in [-0.15, -0.1) is 0 Å². The minimum Gasteiger partial charge on any atom is -0.258 e. The molecule has 1 atom stereocenters. The first-order valence-corrected chi connectivity index (χ1v) is 3.85. The molecule has 0 bridgehead atoms. The van der Waals surface area contributed by atoms with Crippen molar-refractivity contribution in [2.24, 2.45) is 0 Å². The smallest absolute Gasteiger partial charge is 0.0447 e. The molecule has 0 radical (unpaired) electrons. The van der Waals surface area contributed by atoms with E-state index >= 15 is 0 Å². The predicted molar refractivity (Wildman–Crippen MR) is 43.6 cm³/mol. The van der Waals surface area contributed by atoms with Gasteiger partial charge in [0, 0.05) is 12.6 Å². The molecule has 1 saturated heterocycles. The van der Waals surface area contributed by atoms with Gasteiger partial charge in [-0.05, 0) is 26.8 Å². The Bertz CT molecular complexity index is 131. The molecular weight excluding hydrogens is 124 g/mol. The summed E-state index contributed by atoms with van der Waals surface area (Å²) in [4.78, 5) is 0. The van der Waals surface area contributed by atoms with Gasteiger partial charge in [-0.25, -0.2) is 5.01 Å². The maximum absolute atomic E-state index is 3.95. The molecule has 1 heterocycles. The van der Waals surface area contributed by atoms with Gasteiger partial charge < -0.3 is 0 Å². The van der Waals surface area contributed by atoms with Crippen LogP contribution in [0.3, 0.4) is 0 Å². The van der Waals surface area contributed by atoms with Crippen LogP contribution < -0.4 is 5.43 Å². The Labute approximate surface area is 62.9 Å². The maximum atomic E-state index is 3.95. The molecule has 1 fully saturated rings. The van der Waals surface area contributed by atoms with E-state index < -0.39 is 0 Å². The molecule has 10 heavy (non-hydrogen) atoms. The van der Waals surface area contributed by atoms with Gasteiger partial charge in [-0.2, -0.15) is 0 Å². The van der Waals surface area contributed by atoms with Gasteiger partial charge in [0.2, 0.25) is 0 Å². The average molecular weight is 140 g/mol. The fourth-order valence-corrected chi connectivity index (χ4v) is 1.55. The highest BCUT2D eigenvalue weighted by atomic mass is 15.5. The van der Waals surface area contributed by atoms with Gasteiger partial charge in [0.05, 0.1) is 0 Å². The SMILES string of the molecule is C=C(C)[C@@H]1CCCN1NC.